The Bertz CT molecular complexity index is 249. The van der Waals surface area contributed by atoms with Crippen molar-refractivity contribution in [1.29, 1.82) is 0 Å². The summed E-state index contributed by atoms with van der Waals surface area (Å²) >= 11 is 0. The molecular formula is C11H22N4. The lowest BCUT2D eigenvalue weighted by molar-refractivity contribution is 0.150. The van der Waals surface area contributed by atoms with E-state index in [1.807, 2.05) is 0 Å². The third-order valence-electron chi connectivity index (χ3n) is 3.30. The third kappa shape index (κ3) is 2.43. The first-order valence-electron chi connectivity index (χ1n) is 5.99. The molecule has 0 aromatic rings. The van der Waals surface area contributed by atoms with Gasteiger partial charge in [-0.15, -0.1) is 0 Å². The van der Waals surface area contributed by atoms with E-state index in [4.69, 9.17) is 5.73 Å². The van der Waals surface area contributed by atoms with Crippen molar-refractivity contribution in [3.8, 4) is 0 Å². The largest absolute Gasteiger partial charge is 0.370 e. The molecule has 0 amide bonds. The van der Waals surface area contributed by atoms with E-state index in [2.05, 4.69) is 28.6 Å². The van der Waals surface area contributed by atoms with E-state index in [1.54, 1.807) is 0 Å². The maximum absolute atomic E-state index is 5.99. The summed E-state index contributed by atoms with van der Waals surface area (Å²) in [4.78, 5) is 9.24. The van der Waals surface area contributed by atoms with Gasteiger partial charge in [-0.05, 0) is 33.2 Å². The normalized spacial score (nSPS) is 28.6. The Morgan fingerprint density at radius 3 is 2.87 bits per heavy atom. The highest BCUT2D eigenvalue weighted by Crippen LogP contribution is 2.21. The summed E-state index contributed by atoms with van der Waals surface area (Å²) in [6, 6.07) is 1.02. The first kappa shape index (κ1) is 10.7. The van der Waals surface area contributed by atoms with Crippen LogP contribution in [0.4, 0.5) is 0 Å². The van der Waals surface area contributed by atoms with Gasteiger partial charge in [0.25, 0.3) is 0 Å². The fourth-order valence-corrected chi connectivity index (χ4v) is 2.55. The van der Waals surface area contributed by atoms with Crippen molar-refractivity contribution in [2.75, 3.05) is 26.2 Å². The number of guanidine groups is 1. The Kier molecular flexibility index (Phi) is 3.14. The zero-order valence-electron chi connectivity index (χ0n) is 9.82. The molecular weight excluding hydrogens is 188 g/mol. The number of nitrogens with zero attached hydrogens (tertiary/aromatic N) is 3. The van der Waals surface area contributed by atoms with E-state index >= 15 is 0 Å². The molecule has 0 radical (unpaired) electrons. The minimum atomic E-state index is 0.298. The molecule has 15 heavy (non-hydrogen) atoms. The first-order valence-corrected chi connectivity index (χ1v) is 5.99. The van der Waals surface area contributed by atoms with Crippen molar-refractivity contribution in [2.24, 2.45) is 10.7 Å². The van der Waals surface area contributed by atoms with Gasteiger partial charge < -0.3 is 10.6 Å². The Morgan fingerprint density at radius 2 is 2.13 bits per heavy atom. The third-order valence-corrected chi connectivity index (χ3v) is 3.30. The molecule has 2 N–H and O–H groups in total. The summed E-state index contributed by atoms with van der Waals surface area (Å²) in [5.74, 6) is 0.733. The molecule has 1 unspecified atom stereocenters. The van der Waals surface area contributed by atoms with Crippen LogP contribution in [-0.4, -0.2) is 54.0 Å². The van der Waals surface area contributed by atoms with Gasteiger partial charge in [0.15, 0.2) is 5.96 Å². The van der Waals surface area contributed by atoms with Crippen LogP contribution in [0.5, 0.6) is 0 Å². The fraction of sp³-hybridized carbons (Fsp3) is 0.909. The molecule has 2 aliphatic rings. The number of nitrogens with two attached hydrogens (primary N) is 1. The second-order valence-corrected chi connectivity index (χ2v) is 4.86. The molecule has 0 bridgehead atoms. The van der Waals surface area contributed by atoms with Gasteiger partial charge in [0, 0.05) is 31.7 Å². The Balaban J connectivity index is 1.95. The van der Waals surface area contributed by atoms with Gasteiger partial charge in [0.05, 0.1) is 0 Å². The topological polar surface area (TPSA) is 44.9 Å². The monoisotopic (exact) mass is 210 g/mol. The van der Waals surface area contributed by atoms with Crippen LogP contribution in [0.3, 0.4) is 0 Å². The van der Waals surface area contributed by atoms with Crippen LogP contribution in [-0.2, 0) is 0 Å². The zero-order valence-corrected chi connectivity index (χ0v) is 9.82. The lowest BCUT2D eigenvalue weighted by Crippen LogP contribution is -2.54. The first-order chi connectivity index (χ1) is 7.16. The summed E-state index contributed by atoms with van der Waals surface area (Å²) < 4.78 is 0. The Hall–Kier alpha value is -0.770. The minimum Gasteiger partial charge on any atom is -0.370 e. The van der Waals surface area contributed by atoms with Crippen molar-refractivity contribution in [2.45, 2.75) is 38.8 Å². The average molecular weight is 210 g/mol. The predicted octanol–water partition coefficient (Wildman–Crippen LogP) is 0.490. The molecule has 86 valence electrons. The highest BCUT2D eigenvalue weighted by atomic mass is 15.3. The zero-order chi connectivity index (χ0) is 10.8. The van der Waals surface area contributed by atoms with Crippen molar-refractivity contribution < 1.29 is 0 Å². The van der Waals surface area contributed by atoms with Crippen molar-refractivity contribution in [1.82, 2.24) is 9.80 Å². The predicted molar refractivity (Wildman–Crippen MR) is 62.9 cm³/mol. The molecule has 2 rings (SSSR count). The van der Waals surface area contributed by atoms with Crippen LogP contribution < -0.4 is 5.73 Å². The lowest BCUT2D eigenvalue weighted by atomic mass is 10.1. The van der Waals surface area contributed by atoms with Crippen molar-refractivity contribution in [3.05, 3.63) is 0 Å². The molecule has 0 aromatic heterocycles. The standard InChI is InChI=1S/C11H22N4/c1-9(2)13-11(12)15-7-6-14-5-3-4-10(14)8-15/h9-10H,3-8H2,1-2H3,(H2,12,13). The van der Waals surface area contributed by atoms with Crippen LogP contribution in [0, 0.1) is 0 Å². The van der Waals surface area contributed by atoms with Gasteiger partial charge in [0.1, 0.15) is 0 Å². The maximum Gasteiger partial charge on any atom is 0.191 e. The van der Waals surface area contributed by atoms with E-state index < -0.39 is 0 Å². The molecule has 2 fully saturated rings. The van der Waals surface area contributed by atoms with Crippen molar-refractivity contribution >= 4 is 5.96 Å². The molecule has 4 nitrogen and oxygen atoms in total. The number of aliphatic imine (C=N–C) groups is 1. The molecule has 0 aromatic carbocycles. The van der Waals surface area contributed by atoms with E-state index in [0.717, 1.165) is 31.6 Å². The van der Waals surface area contributed by atoms with Crippen molar-refractivity contribution in [3.63, 3.8) is 0 Å². The van der Waals surface area contributed by atoms with Gasteiger partial charge in [-0.25, -0.2) is 0 Å². The van der Waals surface area contributed by atoms with Crippen LogP contribution in [0.1, 0.15) is 26.7 Å². The smallest absolute Gasteiger partial charge is 0.191 e. The van der Waals surface area contributed by atoms with Crippen LogP contribution in [0.25, 0.3) is 0 Å². The van der Waals surface area contributed by atoms with Gasteiger partial charge in [-0.2, -0.15) is 0 Å². The summed E-state index contributed by atoms with van der Waals surface area (Å²) in [6.45, 7) is 8.68. The second-order valence-electron chi connectivity index (χ2n) is 4.86. The number of hydrogen-bond acceptors (Lipinski definition) is 2. The maximum atomic E-state index is 5.99. The van der Waals surface area contributed by atoms with Gasteiger partial charge in [0.2, 0.25) is 0 Å². The molecule has 4 heteroatoms. The number of piperazine rings is 1. The van der Waals surface area contributed by atoms with Crippen LogP contribution >= 0.6 is 0 Å². The SMILES string of the molecule is CC(C)N=C(N)N1CCN2CCCC2C1. The molecule has 2 saturated heterocycles. The van der Waals surface area contributed by atoms with Crippen LogP contribution in [0.2, 0.25) is 0 Å². The Labute approximate surface area is 92.1 Å². The van der Waals surface area contributed by atoms with E-state index in [1.165, 1.54) is 19.4 Å². The summed E-state index contributed by atoms with van der Waals surface area (Å²) in [5, 5.41) is 0. The molecule has 1 atom stereocenters. The van der Waals surface area contributed by atoms with Gasteiger partial charge >= 0.3 is 0 Å². The minimum absolute atomic E-state index is 0.298. The van der Waals surface area contributed by atoms with Gasteiger partial charge in [-0.1, -0.05) is 0 Å². The summed E-state index contributed by atoms with van der Waals surface area (Å²) in [6.07, 6.45) is 2.67. The summed E-state index contributed by atoms with van der Waals surface area (Å²) in [5.41, 5.74) is 5.99. The summed E-state index contributed by atoms with van der Waals surface area (Å²) in [7, 11) is 0. The van der Waals surface area contributed by atoms with Gasteiger partial charge in [-0.3, -0.25) is 9.89 Å². The molecule has 0 aliphatic carbocycles. The second kappa shape index (κ2) is 4.39. The lowest BCUT2D eigenvalue weighted by Gasteiger charge is -2.38. The molecule has 2 heterocycles. The molecule has 0 spiro atoms. The number of rotatable bonds is 1. The average Bonchev–Trinajstić information content (AvgIpc) is 2.62. The Morgan fingerprint density at radius 1 is 1.33 bits per heavy atom. The van der Waals surface area contributed by atoms with E-state index in [-0.39, 0.29) is 0 Å². The highest BCUT2D eigenvalue weighted by molar-refractivity contribution is 5.78. The van der Waals surface area contributed by atoms with Crippen LogP contribution in [0.15, 0.2) is 4.99 Å². The molecule has 0 saturated carbocycles. The fourth-order valence-electron chi connectivity index (χ4n) is 2.55. The molecule has 2 aliphatic heterocycles. The number of hydrogen-bond donors (Lipinski definition) is 1. The van der Waals surface area contributed by atoms with E-state index in [0.29, 0.717) is 6.04 Å². The highest BCUT2D eigenvalue weighted by Gasteiger charge is 2.31. The van der Waals surface area contributed by atoms with E-state index in [9.17, 15) is 0 Å². The number of fused-ring (bicyclic) bond motifs is 1. The quantitative estimate of drug-likeness (QED) is 0.506.